The second-order valence-corrected chi connectivity index (χ2v) is 2.70. The summed E-state index contributed by atoms with van der Waals surface area (Å²) in [6.45, 7) is -0.0255. The first kappa shape index (κ1) is 12.3. The van der Waals surface area contributed by atoms with E-state index in [0.717, 1.165) is 6.20 Å². The Bertz CT molecular complexity index is 539. The quantitative estimate of drug-likeness (QED) is 0.197. The predicted molar refractivity (Wildman–Crippen MR) is 58.3 cm³/mol. The van der Waals surface area contributed by atoms with Crippen LogP contribution in [0, 0.1) is 22.0 Å². The second kappa shape index (κ2) is 5.95. The van der Waals surface area contributed by atoms with Crippen molar-refractivity contribution in [3.8, 4) is 17.7 Å². The minimum absolute atomic E-state index is 0.0255. The predicted octanol–water partition coefficient (Wildman–Crippen LogP) is 1.66. The van der Waals surface area contributed by atoms with Crippen molar-refractivity contribution in [2.24, 2.45) is 5.11 Å². The molecule has 0 aliphatic heterocycles. The van der Waals surface area contributed by atoms with Gasteiger partial charge >= 0.3 is 0 Å². The zero-order chi connectivity index (χ0) is 12.7. The van der Waals surface area contributed by atoms with Gasteiger partial charge in [-0.15, -0.1) is 0 Å². The van der Waals surface area contributed by atoms with Gasteiger partial charge in [-0.2, -0.15) is 0 Å². The van der Waals surface area contributed by atoms with Crippen LogP contribution in [0.25, 0.3) is 10.4 Å². The van der Waals surface area contributed by atoms with Crippen LogP contribution in [0.2, 0.25) is 0 Å². The van der Waals surface area contributed by atoms with E-state index < -0.39 is 4.92 Å². The Kier molecular flexibility index (Phi) is 4.30. The Morgan fingerprint density at radius 2 is 2.53 bits per heavy atom. The molecule has 0 fully saturated rings. The van der Waals surface area contributed by atoms with Crippen LogP contribution in [-0.4, -0.2) is 23.6 Å². The lowest BCUT2D eigenvalue weighted by molar-refractivity contribution is -0.385. The molecule has 0 aliphatic rings. The number of hydrogen-bond acceptors (Lipinski definition) is 5. The van der Waals surface area contributed by atoms with Gasteiger partial charge in [0.1, 0.15) is 6.20 Å². The smallest absolute Gasteiger partial charge is 0.289 e. The van der Waals surface area contributed by atoms with E-state index in [-0.39, 0.29) is 23.7 Å². The maximum atomic E-state index is 10.5. The number of aromatic nitrogens is 1. The van der Waals surface area contributed by atoms with Gasteiger partial charge < -0.3 is 4.74 Å². The average Bonchev–Trinajstić information content (AvgIpc) is 2.34. The lowest BCUT2D eigenvalue weighted by Crippen LogP contribution is -1.95. The Morgan fingerprint density at radius 1 is 1.76 bits per heavy atom. The van der Waals surface area contributed by atoms with Crippen LogP contribution in [-0.2, 0) is 0 Å². The molecule has 8 nitrogen and oxygen atoms in total. The molecule has 0 aliphatic carbocycles. The maximum Gasteiger partial charge on any atom is 0.289 e. The summed E-state index contributed by atoms with van der Waals surface area (Å²) in [5.41, 5.74) is 8.14. The lowest BCUT2D eigenvalue weighted by Gasteiger charge is -2.00. The largest absolute Gasteiger partial charge is 0.480 e. The van der Waals surface area contributed by atoms with Gasteiger partial charge in [0, 0.05) is 11.0 Å². The molecular weight excluding hydrogens is 226 g/mol. The first-order valence-electron chi connectivity index (χ1n) is 4.37. The van der Waals surface area contributed by atoms with Crippen LogP contribution >= 0.6 is 0 Å². The number of hydrogen-bond donors (Lipinski definition) is 0. The molecule has 0 saturated carbocycles. The van der Waals surface area contributed by atoms with E-state index >= 15 is 0 Å². The fraction of sp³-hybridized carbons (Fsp3) is 0.222. The second-order valence-electron chi connectivity index (χ2n) is 2.70. The fourth-order valence-electron chi connectivity index (χ4n) is 0.995. The van der Waals surface area contributed by atoms with Crippen molar-refractivity contribution >= 4 is 5.69 Å². The topological polar surface area (TPSA) is 114 Å². The summed E-state index contributed by atoms with van der Waals surface area (Å²) in [5, 5.41) is 13.8. The first-order valence-corrected chi connectivity index (χ1v) is 4.37. The van der Waals surface area contributed by atoms with E-state index in [0.29, 0.717) is 0 Å². The molecule has 1 aromatic heterocycles. The number of nitro groups is 1. The van der Waals surface area contributed by atoms with Crippen molar-refractivity contribution in [2.45, 2.75) is 0 Å². The van der Waals surface area contributed by atoms with E-state index in [2.05, 4.69) is 26.9 Å². The molecule has 0 atom stereocenters. The minimum atomic E-state index is -0.578. The van der Waals surface area contributed by atoms with Crippen LogP contribution in [0.15, 0.2) is 17.4 Å². The Morgan fingerprint density at radius 3 is 3.12 bits per heavy atom. The van der Waals surface area contributed by atoms with E-state index in [9.17, 15) is 10.1 Å². The molecule has 0 saturated heterocycles. The Hall–Kier alpha value is -2.78. The molecule has 0 radical (unpaired) electrons. The van der Waals surface area contributed by atoms with Crippen LogP contribution in [0.5, 0.6) is 5.88 Å². The van der Waals surface area contributed by atoms with E-state index in [1.54, 1.807) is 0 Å². The third kappa shape index (κ3) is 3.37. The van der Waals surface area contributed by atoms with Gasteiger partial charge in [-0.3, -0.25) is 10.1 Å². The molecule has 1 aromatic rings. The molecule has 0 aromatic carbocycles. The van der Waals surface area contributed by atoms with Gasteiger partial charge in [0.2, 0.25) is 5.88 Å². The van der Waals surface area contributed by atoms with Gasteiger partial charge in [-0.1, -0.05) is 17.0 Å². The summed E-state index contributed by atoms with van der Waals surface area (Å²) in [4.78, 5) is 16.2. The van der Waals surface area contributed by atoms with Crippen LogP contribution < -0.4 is 4.74 Å². The molecule has 1 heterocycles. The zero-order valence-electron chi connectivity index (χ0n) is 8.82. The van der Waals surface area contributed by atoms with Crippen LogP contribution in [0.3, 0.4) is 0 Å². The standard InChI is InChI=1S/C9H7N5O3/c1-17-9-7(3-2-4-12-13-10)5-8(6-11-9)14(15)16/h5-6H,4H2,1H3. The highest BCUT2D eigenvalue weighted by Crippen LogP contribution is 2.19. The molecule has 86 valence electrons. The summed E-state index contributed by atoms with van der Waals surface area (Å²) in [6.07, 6.45) is 1.08. The van der Waals surface area contributed by atoms with Crippen molar-refractivity contribution in [1.82, 2.24) is 4.98 Å². The molecule has 0 spiro atoms. The minimum Gasteiger partial charge on any atom is -0.480 e. The van der Waals surface area contributed by atoms with Crippen molar-refractivity contribution in [1.29, 1.82) is 0 Å². The van der Waals surface area contributed by atoms with Crippen LogP contribution in [0.4, 0.5) is 5.69 Å². The number of azide groups is 1. The molecule has 0 amide bonds. The number of methoxy groups -OCH3 is 1. The molecule has 0 unspecified atom stereocenters. The van der Waals surface area contributed by atoms with Gasteiger partial charge in [-0.05, 0) is 5.53 Å². The Labute approximate surface area is 96.0 Å². The average molecular weight is 233 g/mol. The van der Waals surface area contributed by atoms with Gasteiger partial charge in [0.05, 0.1) is 24.1 Å². The van der Waals surface area contributed by atoms with Gasteiger partial charge in [-0.25, -0.2) is 4.98 Å². The van der Waals surface area contributed by atoms with Crippen molar-refractivity contribution in [3.63, 3.8) is 0 Å². The third-order valence-corrected chi connectivity index (χ3v) is 1.68. The summed E-state index contributed by atoms with van der Waals surface area (Å²) in [5.74, 6) is 5.30. The fourth-order valence-corrected chi connectivity index (χ4v) is 0.995. The van der Waals surface area contributed by atoms with E-state index in [1.165, 1.54) is 13.2 Å². The molecule has 0 bridgehead atoms. The van der Waals surface area contributed by atoms with E-state index in [4.69, 9.17) is 10.3 Å². The number of rotatable bonds is 3. The molecule has 17 heavy (non-hydrogen) atoms. The van der Waals surface area contributed by atoms with Gasteiger partial charge in [0.25, 0.3) is 5.69 Å². The number of nitrogens with zero attached hydrogens (tertiary/aromatic N) is 5. The highest BCUT2D eigenvalue weighted by Gasteiger charge is 2.10. The van der Waals surface area contributed by atoms with Crippen molar-refractivity contribution in [2.75, 3.05) is 13.7 Å². The third-order valence-electron chi connectivity index (χ3n) is 1.68. The first-order chi connectivity index (χ1) is 8.19. The molecule has 0 N–H and O–H groups in total. The van der Waals surface area contributed by atoms with Crippen molar-refractivity contribution < 1.29 is 9.66 Å². The number of pyridine rings is 1. The highest BCUT2D eigenvalue weighted by atomic mass is 16.6. The summed E-state index contributed by atoms with van der Waals surface area (Å²) in [6, 6.07) is 1.24. The van der Waals surface area contributed by atoms with Crippen molar-refractivity contribution in [3.05, 3.63) is 38.4 Å². The monoisotopic (exact) mass is 233 g/mol. The Balaban J connectivity index is 3.08. The van der Waals surface area contributed by atoms with E-state index in [1.807, 2.05) is 0 Å². The molecule has 1 rings (SSSR count). The zero-order valence-corrected chi connectivity index (χ0v) is 8.82. The molecule has 8 heteroatoms. The molecular formula is C9H7N5O3. The summed E-state index contributed by atoms with van der Waals surface area (Å²) >= 11 is 0. The SMILES string of the molecule is COc1ncc([N+](=O)[O-])cc1C#CCN=[N+]=[N-]. The highest BCUT2D eigenvalue weighted by molar-refractivity contribution is 5.47. The summed E-state index contributed by atoms with van der Waals surface area (Å²) < 4.78 is 4.90. The summed E-state index contributed by atoms with van der Waals surface area (Å²) in [7, 11) is 1.38. The maximum absolute atomic E-state index is 10.5. The normalized spacial score (nSPS) is 8.53. The van der Waals surface area contributed by atoms with Gasteiger partial charge in [0.15, 0.2) is 0 Å². The van der Waals surface area contributed by atoms with Crippen LogP contribution in [0.1, 0.15) is 5.56 Å². The number of ether oxygens (including phenoxy) is 1. The lowest BCUT2D eigenvalue weighted by atomic mass is 10.2.